The molecule has 2 nitrogen and oxygen atoms in total. The quantitative estimate of drug-likeness (QED) is 0.866. The molecule has 3 heteroatoms. The van der Waals surface area contributed by atoms with Gasteiger partial charge in [0.2, 0.25) is 0 Å². The first-order valence-corrected chi connectivity index (χ1v) is 7.63. The van der Waals surface area contributed by atoms with Crippen LogP contribution >= 0.6 is 11.3 Å². The highest BCUT2D eigenvalue weighted by atomic mass is 32.1. The Kier molecular flexibility index (Phi) is 5.01. The number of nitrogens with one attached hydrogen (secondary N) is 1. The maximum Gasteiger partial charge on any atom is 0.0303 e. The van der Waals surface area contributed by atoms with Crippen molar-refractivity contribution in [3.8, 4) is 0 Å². The number of nitrogens with zero attached hydrogens (tertiary/aromatic N) is 1. The first kappa shape index (κ1) is 13.1. The second-order valence-electron chi connectivity index (χ2n) is 5.10. The van der Waals surface area contributed by atoms with Gasteiger partial charge in [-0.25, -0.2) is 0 Å². The summed E-state index contributed by atoms with van der Waals surface area (Å²) in [6.45, 7) is 9.27. The fourth-order valence-corrected chi connectivity index (χ4v) is 3.34. The lowest BCUT2D eigenvalue weighted by Gasteiger charge is -2.32. The summed E-state index contributed by atoms with van der Waals surface area (Å²) in [7, 11) is 0. The maximum atomic E-state index is 3.59. The van der Waals surface area contributed by atoms with Gasteiger partial charge in [-0.15, -0.1) is 11.3 Å². The van der Waals surface area contributed by atoms with Crippen LogP contribution in [0.5, 0.6) is 0 Å². The Bertz CT molecular complexity index is 329. The van der Waals surface area contributed by atoms with Gasteiger partial charge in [-0.3, -0.25) is 4.90 Å². The molecular weight excluding hydrogens is 228 g/mol. The van der Waals surface area contributed by atoms with Gasteiger partial charge >= 0.3 is 0 Å². The summed E-state index contributed by atoms with van der Waals surface area (Å²) in [5.74, 6) is 0. The molecule has 17 heavy (non-hydrogen) atoms. The molecule has 1 atom stereocenters. The van der Waals surface area contributed by atoms with E-state index in [1.807, 2.05) is 11.3 Å². The van der Waals surface area contributed by atoms with Gasteiger partial charge in [0.25, 0.3) is 0 Å². The summed E-state index contributed by atoms with van der Waals surface area (Å²) in [5.41, 5.74) is 1.42. The van der Waals surface area contributed by atoms with Crippen molar-refractivity contribution in [1.29, 1.82) is 0 Å². The van der Waals surface area contributed by atoms with E-state index in [1.165, 1.54) is 42.8 Å². The monoisotopic (exact) mass is 252 g/mol. The minimum Gasteiger partial charge on any atom is -0.310 e. The van der Waals surface area contributed by atoms with E-state index in [0.717, 1.165) is 13.1 Å². The van der Waals surface area contributed by atoms with Gasteiger partial charge in [0.1, 0.15) is 0 Å². The van der Waals surface area contributed by atoms with Crippen LogP contribution in [0, 0.1) is 6.92 Å². The standard InChI is InChI=1S/C14H24N2S/c1-12-6-9-17-14(12)11-15-10-13(2)16-7-4-3-5-8-16/h6,9,13,15H,3-5,7-8,10-11H2,1-2H3. The molecule has 1 aromatic heterocycles. The van der Waals surface area contributed by atoms with E-state index in [0.29, 0.717) is 6.04 Å². The first-order chi connectivity index (χ1) is 8.27. The summed E-state index contributed by atoms with van der Waals surface area (Å²) in [5, 5.41) is 5.78. The average Bonchev–Trinajstić information content (AvgIpc) is 2.76. The van der Waals surface area contributed by atoms with Crippen LogP contribution in [-0.4, -0.2) is 30.6 Å². The van der Waals surface area contributed by atoms with Gasteiger partial charge in [-0.2, -0.15) is 0 Å². The van der Waals surface area contributed by atoms with Crippen molar-refractivity contribution in [2.24, 2.45) is 0 Å². The number of likely N-dealkylation sites (tertiary alicyclic amines) is 1. The molecule has 96 valence electrons. The summed E-state index contributed by atoms with van der Waals surface area (Å²) >= 11 is 1.86. The van der Waals surface area contributed by atoms with Crippen LogP contribution in [0.2, 0.25) is 0 Å². The molecule has 1 aliphatic heterocycles. The largest absolute Gasteiger partial charge is 0.310 e. The minimum absolute atomic E-state index is 0.676. The molecule has 0 saturated carbocycles. The highest BCUT2D eigenvalue weighted by Gasteiger charge is 2.15. The zero-order chi connectivity index (χ0) is 12.1. The lowest BCUT2D eigenvalue weighted by atomic mass is 10.1. The topological polar surface area (TPSA) is 15.3 Å². The van der Waals surface area contributed by atoms with Crippen LogP contribution in [0.25, 0.3) is 0 Å². The number of rotatable bonds is 5. The molecule has 0 bridgehead atoms. The fraction of sp³-hybridized carbons (Fsp3) is 0.714. The predicted octanol–water partition coefficient (Wildman–Crippen LogP) is 3.02. The van der Waals surface area contributed by atoms with Crippen LogP contribution in [0.3, 0.4) is 0 Å². The Morgan fingerprint density at radius 3 is 2.76 bits per heavy atom. The number of aryl methyl sites for hydroxylation is 1. The van der Waals surface area contributed by atoms with E-state index in [1.54, 1.807) is 0 Å². The molecule has 1 N–H and O–H groups in total. The van der Waals surface area contributed by atoms with Gasteiger partial charge in [-0.1, -0.05) is 6.42 Å². The maximum absolute atomic E-state index is 3.59. The highest BCUT2D eigenvalue weighted by Crippen LogP contribution is 2.15. The number of hydrogen-bond acceptors (Lipinski definition) is 3. The molecule has 1 aliphatic rings. The first-order valence-electron chi connectivity index (χ1n) is 6.75. The molecule has 2 rings (SSSR count). The van der Waals surface area contributed by atoms with Crippen LogP contribution in [0.4, 0.5) is 0 Å². The molecule has 0 radical (unpaired) electrons. The van der Waals surface area contributed by atoms with E-state index in [2.05, 4.69) is 35.5 Å². The number of hydrogen-bond donors (Lipinski definition) is 1. The molecule has 2 heterocycles. The lowest BCUT2D eigenvalue weighted by Crippen LogP contribution is -2.42. The molecule has 0 spiro atoms. The summed E-state index contributed by atoms with van der Waals surface area (Å²) in [4.78, 5) is 4.11. The van der Waals surface area contributed by atoms with Gasteiger partial charge in [-0.05, 0) is 56.8 Å². The zero-order valence-corrected chi connectivity index (χ0v) is 11.9. The van der Waals surface area contributed by atoms with Gasteiger partial charge < -0.3 is 5.32 Å². The molecule has 1 saturated heterocycles. The van der Waals surface area contributed by atoms with E-state index in [9.17, 15) is 0 Å². The second-order valence-corrected chi connectivity index (χ2v) is 6.10. The Morgan fingerprint density at radius 2 is 2.12 bits per heavy atom. The van der Waals surface area contributed by atoms with Gasteiger partial charge in [0.05, 0.1) is 0 Å². The molecule has 0 amide bonds. The smallest absolute Gasteiger partial charge is 0.0303 e. The normalized spacial score (nSPS) is 19.4. The van der Waals surface area contributed by atoms with E-state index < -0.39 is 0 Å². The van der Waals surface area contributed by atoms with E-state index in [4.69, 9.17) is 0 Å². The zero-order valence-electron chi connectivity index (χ0n) is 11.0. The fourth-order valence-electron chi connectivity index (χ4n) is 2.47. The van der Waals surface area contributed by atoms with Crippen LogP contribution in [-0.2, 0) is 6.54 Å². The summed E-state index contributed by atoms with van der Waals surface area (Å²) in [6.07, 6.45) is 4.19. The Hall–Kier alpha value is -0.380. The molecule has 1 fully saturated rings. The van der Waals surface area contributed by atoms with Crippen molar-refractivity contribution in [3.05, 3.63) is 21.9 Å². The molecular formula is C14H24N2S. The third-order valence-electron chi connectivity index (χ3n) is 3.71. The minimum atomic E-state index is 0.676. The third kappa shape index (κ3) is 3.80. The van der Waals surface area contributed by atoms with E-state index in [-0.39, 0.29) is 0 Å². The average molecular weight is 252 g/mol. The Balaban J connectivity index is 1.69. The second kappa shape index (κ2) is 6.53. The van der Waals surface area contributed by atoms with Crippen molar-refractivity contribution in [1.82, 2.24) is 10.2 Å². The van der Waals surface area contributed by atoms with E-state index >= 15 is 0 Å². The Labute approximate surface area is 109 Å². The third-order valence-corrected chi connectivity index (χ3v) is 4.73. The molecule has 1 aromatic rings. The van der Waals surface area contributed by atoms with Gasteiger partial charge in [0.15, 0.2) is 0 Å². The highest BCUT2D eigenvalue weighted by molar-refractivity contribution is 7.10. The Morgan fingerprint density at radius 1 is 1.35 bits per heavy atom. The molecule has 0 aliphatic carbocycles. The number of thiophene rings is 1. The van der Waals surface area contributed by atoms with Crippen molar-refractivity contribution in [3.63, 3.8) is 0 Å². The van der Waals surface area contributed by atoms with Crippen molar-refractivity contribution < 1.29 is 0 Å². The molecule has 1 unspecified atom stereocenters. The van der Waals surface area contributed by atoms with Crippen LogP contribution < -0.4 is 5.32 Å². The number of piperidine rings is 1. The van der Waals surface area contributed by atoms with Crippen molar-refractivity contribution in [2.75, 3.05) is 19.6 Å². The predicted molar refractivity (Wildman–Crippen MR) is 75.6 cm³/mol. The van der Waals surface area contributed by atoms with Crippen LogP contribution in [0.1, 0.15) is 36.6 Å². The summed E-state index contributed by atoms with van der Waals surface area (Å²) in [6, 6.07) is 2.88. The SMILES string of the molecule is Cc1ccsc1CNCC(C)N1CCCCC1. The van der Waals surface area contributed by atoms with Crippen molar-refractivity contribution >= 4 is 11.3 Å². The van der Waals surface area contributed by atoms with Gasteiger partial charge in [0, 0.05) is 24.0 Å². The molecule has 0 aromatic carbocycles. The van der Waals surface area contributed by atoms with Crippen LogP contribution in [0.15, 0.2) is 11.4 Å². The lowest BCUT2D eigenvalue weighted by molar-refractivity contribution is 0.171. The summed E-state index contributed by atoms with van der Waals surface area (Å²) < 4.78 is 0. The van der Waals surface area contributed by atoms with Crippen molar-refractivity contribution in [2.45, 2.75) is 45.7 Å².